The third-order valence-corrected chi connectivity index (χ3v) is 12.9. The number of aromatic nitrogens is 4. The number of furan rings is 1. The molecule has 0 amide bonds. The number of rotatable bonds is 6. The van der Waals surface area contributed by atoms with Gasteiger partial charge in [0.15, 0.2) is 11.4 Å². The lowest BCUT2D eigenvalue weighted by atomic mass is 9.90. The predicted molar refractivity (Wildman–Crippen MR) is 258 cm³/mol. The zero-order valence-electron chi connectivity index (χ0n) is 34.2. The second-order valence-corrected chi connectivity index (χ2v) is 16.4. The molecule has 12 aromatic rings. The summed E-state index contributed by atoms with van der Waals surface area (Å²) in [6.45, 7) is 0. The molecule has 4 aromatic heterocycles. The summed E-state index contributed by atoms with van der Waals surface area (Å²) >= 11 is 0. The largest absolute Gasteiger partial charge is 0.452 e. The maximum absolute atomic E-state index is 6.74. The maximum atomic E-state index is 6.74. The van der Waals surface area contributed by atoms with Gasteiger partial charge in [-0.05, 0) is 83.6 Å². The van der Waals surface area contributed by atoms with Gasteiger partial charge in [0.2, 0.25) is 0 Å². The highest BCUT2D eigenvalue weighted by Gasteiger charge is 2.33. The topological polar surface area (TPSA) is 48.8 Å². The fourth-order valence-electron chi connectivity index (χ4n) is 10.1. The Morgan fingerprint density at radius 2 is 0.889 bits per heavy atom. The first-order chi connectivity index (χ1) is 31.3. The monoisotopic (exact) mass is 806 g/mol. The van der Waals surface area contributed by atoms with E-state index in [1.165, 1.54) is 44.3 Å². The Balaban J connectivity index is 1.19. The van der Waals surface area contributed by atoms with Crippen molar-refractivity contribution in [3.05, 3.63) is 217 Å². The van der Waals surface area contributed by atoms with E-state index < -0.39 is 0 Å². The highest BCUT2D eigenvalue weighted by Crippen LogP contribution is 2.50. The molecule has 0 aliphatic heterocycles. The van der Waals surface area contributed by atoms with Crippen LogP contribution >= 0.6 is 0 Å². The van der Waals surface area contributed by atoms with E-state index in [9.17, 15) is 0 Å². The van der Waals surface area contributed by atoms with Crippen LogP contribution in [0.3, 0.4) is 0 Å². The predicted octanol–water partition coefficient (Wildman–Crippen LogP) is 14.7. The molecule has 0 radical (unpaired) electrons. The summed E-state index contributed by atoms with van der Waals surface area (Å²) in [5.74, 6) is 0.656. The summed E-state index contributed by atoms with van der Waals surface area (Å²) in [4.78, 5) is 10.6. The highest BCUT2D eigenvalue weighted by atomic mass is 16.3. The molecule has 1 aliphatic carbocycles. The van der Waals surface area contributed by atoms with E-state index >= 15 is 0 Å². The van der Waals surface area contributed by atoms with Crippen molar-refractivity contribution >= 4 is 43.9 Å². The molecule has 8 aromatic carbocycles. The smallest absolute Gasteiger partial charge is 0.180 e. The van der Waals surface area contributed by atoms with Crippen LogP contribution in [0.25, 0.3) is 112 Å². The number of nitrogens with zero attached hydrogens (tertiary/aromatic N) is 4. The number of benzene rings is 8. The van der Waals surface area contributed by atoms with Crippen LogP contribution in [-0.2, 0) is 12.8 Å². The van der Waals surface area contributed by atoms with Crippen molar-refractivity contribution in [3.8, 4) is 67.7 Å². The standard InChI is InChI=1S/C58H38N4O/c1-5-19-37(20-6-1)47-35-40(52-57-53(46-29-15-18-32-51(46)63-57)60-58(59-52)39-23-9-3-10-24-39)36-48(38-21-7-2-8-22-38)54(47)62-50-31-17-14-28-43(50)45-34-33-44-42-27-13-16-30-49(42)61(55(44)56(45)62)41-25-11-4-12-26-41/h1-32,35-36H,33-34H2. The molecule has 1 aliphatic rings. The molecule has 0 spiro atoms. The molecule has 4 heterocycles. The molecule has 0 saturated heterocycles. The average molecular weight is 807 g/mol. The van der Waals surface area contributed by atoms with Crippen LogP contribution in [0.4, 0.5) is 0 Å². The normalized spacial score (nSPS) is 12.3. The second kappa shape index (κ2) is 14.2. The van der Waals surface area contributed by atoms with Crippen LogP contribution in [0.1, 0.15) is 11.1 Å². The fraction of sp³-hybridized carbons (Fsp3) is 0.0345. The first-order valence-electron chi connectivity index (χ1n) is 21.6. The number of aryl methyl sites for hydroxylation is 2. The summed E-state index contributed by atoms with van der Waals surface area (Å²) < 4.78 is 11.8. The summed E-state index contributed by atoms with van der Waals surface area (Å²) in [5.41, 5.74) is 19.2. The summed E-state index contributed by atoms with van der Waals surface area (Å²) in [5, 5.41) is 3.54. The minimum Gasteiger partial charge on any atom is -0.452 e. The summed E-state index contributed by atoms with van der Waals surface area (Å²) in [7, 11) is 0. The summed E-state index contributed by atoms with van der Waals surface area (Å²) in [6.07, 6.45) is 1.89. The van der Waals surface area contributed by atoms with E-state index in [-0.39, 0.29) is 0 Å². The molecule has 0 unspecified atom stereocenters. The molecule has 5 heteroatoms. The van der Waals surface area contributed by atoms with Gasteiger partial charge in [0.25, 0.3) is 0 Å². The van der Waals surface area contributed by atoms with E-state index in [0.29, 0.717) is 11.4 Å². The maximum Gasteiger partial charge on any atom is 0.180 e. The Bertz CT molecular complexity index is 3650. The first-order valence-corrected chi connectivity index (χ1v) is 21.6. The van der Waals surface area contributed by atoms with E-state index in [2.05, 4.69) is 179 Å². The van der Waals surface area contributed by atoms with Crippen LogP contribution in [-0.4, -0.2) is 19.1 Å². The number of fused-ring (bicyclic) bond motifs is 10. The SMILES string of the molecule is c1ccc(-c2nc(-c3cc(-c4ccccc4)c(-n4c5c(c6ccccc64)CCc4c-5n(-c5ccccc5)c5ccccc45)c(-c4ccccc4)c3)c3oc4ccccc4c3n2)cc1. The van der Waals surface area contributed by atoms with Crippen LogP contribution in [0.5, 0.6) is 0 Å². The number of para-hydroxylation sites is 4. The van der Waals surface area contributed by atoms with Crippen LogP contribution in [0.2, 0.25) is 0 Å². The van der Waals surface area contributed by atoms with Crippen LogP contribution in [0.15, 0.2) is 211 Å². The second-order valence-electron chi connectivity index (χ2n) is 16.4. The van der Waals surface area contributed by atoms with E-state index in [4.69, 9.17) is 14.4 Å². The Morgan fingerprint density at radius 1 is 0.413 bits per heavy atom. The minimum absolute atomic E-state index is 0.656. The molecule has 0 fully saturated rings. The van der Waals surface area contributed by atoms with Gasteiger partial charge in [0.1, 0.15) is 16.8 Å². The first kappa shape index (κ1) is 35.5. The molecular weight excluding hydrogens is 769 g/mol. The zero-order chi connectivity index (χ0) is 41.4. The van der Waals surface area contributed by atoms with Gasteiger partial charge in [-0.15, -0.1) is 0 Å². The minimum atomic E-state index is 0.656. The van der Waals surface area contributed by atoms with Crippen molar-refractivity contribution in [1.29, 1.82) is 0 Å². The van der Waals surface area contributed by atoms with Crippen molar-refractivity contribution in [2.75, 3.05) is 0 Å². The lowest BCUT2D eigenvalue weighted by Crippen LogP contribution is -2.11. The zero-order valence-corrected chi connectivity index (χ0v) is 34.2. The molecular formula is C58H38N4O. The van der Waals surface area contributed by atoms with Crippen molar-refractivity contribution in [1.82, 2.24) is 19.1 Å². The molecule has 0 saturated carbocycles. The Morgan fingerprint density at radius 3 is 1.49 bits per heavy atom. The molecule has 5 nitrogen and oxygen atoms in total. The molecule has 296 valence electrons. The Kier molecular flexibility index (Phi) is 7.97. The van der Waals surface area contributed by atoms with E-state index in [1.807, 2.05) is 36.4 Å². The quantitative estimate of drug-likeness (QED) is 0.168. The van der Waals surface area contributed by atoms with Crippen molar-refractivity contribution < 1.29 is 4.42 Å². The molecule has 63 heavy (non-hydrogen) atoms. The fourth-order valence-corrected chi connectivity index (χ4v) is 10.1. The Labute approximate surface area is 363 Å². The third-order valence-electron chi connectivity index (χ3n) is 12.9. The van der Waals surface area contributed by atoms with Gasteiger partial charge in [0, 0.05) is 44.1 Å². The lowest BCUT2D eigenvalue weighted by Gasteiger charge is -2.25. The number of hydrogen-bond acceptors (Lipinski definition) is 3. The van der Waals surface area contributed by atoms with Crippen LogP contribution < -0.4 is 0 Å². The third kappa shape index (κ3) is 5.49. The van der Waals surface area contributed by atoms with Gasteiger partial charge < -0.3 is 13.6 Å². The van der Waals surface area contributed by atoms with Gasteiger partial charge in [-0.25, -0.2) is 9.97 Å². The van der Waals surface area contributed by atoms with Gasteiger partial charge in [-0.1, -0.05) is 158 Å². The van der Waals surface area contributed by atoms with E-state index in [0.717, 1.165) is 79.8 Å². The Hall–Kier alpha value is -8.28. The van der Waals surface area contributed by atoms with Crippen molar-refractivity contribution in [2.24, 2.45) is 0 Å². The highest BCUT2D eigenvalue weighted by molar-refractivity contribution is 6.08. The molecule has 0 atom stereocenters. The number of hydrogen-bond donors (Lipinski definition) is 0. The van der Waals surface area contributed by atoms with Gasteiger partial charge in [-0.3, -0.25) is 0 Å². The lowest BCUT2D eigenvalue weighted by molar-refractivity contribution is 0.667. The summed E-state index contributed by atoms with van der Waals surface area (Å²) in [6, 6.07) is 73.5. The molecule has 0 bridgehead atoms. The van der Waals surface area contributed by atoms with Gasteiger partial charge >= 0.3 is 0 Å². The van der Waals surface area contributed by atoms with Crippen molar-refractivity contribution in [2.45, 2.75) is 12.8 Å². The molecule has 13 rings (SSSR count). The van der Waals surface area contributed by atoms with E-state index in [1.54, 1.807) is 0 Å². The van der Waals surface area contributed by atoms with Gasteiger partial charge in [0.05, 0.1) is 28.1 Å². The average Bonchev–Trinajstić information content (AvgIpc) is 4.02. The molecule has 0 N–H and O–H groups in total. The van der Waals surface area contributed by atoms with Crippen molar-refractivity contribution in [3.63, 3.8) is 0 Å². The van der Waals surface area contributed by atoms with Gasteiger partial charge in [-0.2, -0.15) is 0 Å². The van der Waals surface area contributed by atoms with Crippen LogP contribution in [0, 0.1) is 0 Å².